The Kier molecular flexibility index (Phi) is 4.75. The number of para-hydroxylation sites is 1. The molecule has 0 spiro atoms. The minimum atomic E-state index is 0.643. The van der Waals surface area contributed by atoms with Crippen LogP contribution in [0, 0.1) is 0 Å². The molecule has 3 N–H and O–H groups in total. The van der Waals surface area contributed by atoms with Crippen molar-refractivity contribution < 1.29 is 4.74 Å². The van der Waals surface area contributed by atoms with Gasteiger partial charge in [-0.15, -0.1) is 6.58 Å². The summed E-state index contributed by atoms with van der Waals surface area (Å²) in [5.74, 6) is 0. The third-order valence-corrected chi connectivity index (χ3v) is 2.82. The van der Waals surface area contributed by atoms with E-state index in [2.05, 4.69) is 16.9 Å². The predicted molar refractivity (Wildman–Crippen MR) is 80.3 cm³/mol. The molecule has 2 aromatic rings. The van der Waals surface area contributed by atoms with Crippen LogP contribution in [0.25, 0.3) is 10.9 Å². The van der Waals surface area contributed by atoms with Gasteiger partial charge >= 0.3 is 0 Å². The quantitative estimate of drug-likeness (QED) is 0.591. The van der Waals surface area contributed by atoms with Crippen LogP contribution in [0.5, 0.6) is 0 Å². The Hall–Kier alpha value is -2.07. The summed E-state index contributed by atoms with van der Waals surface area (Å²) in [5.41, 5.74) is 8.49. The van der Waals surface area contributed by atoms with E-state index < -0.39 is 0 Å². The summed E-state index contributed by atoms with van der Waals surface area (Å²) in [4.78, 5) is 4.30. The first-order valence-corrected chi connectivity index (χ1v) is 6.38. The Morgan fingerprint density at radius 1 is 1.32 bits per heavy atom. The number of aromatic nitrogens is 1. The second-order valence-electron chi connectivity index (χ2n) is 4.22. The number of pyridine rings is 1. The van der Waals surface area contributed by atoms with Crippen LogP contribution in [0.15, 0.2) is 43.1 Å². The van der Waals surface area contributed by atoms with Crippen molar-refractivity contribution in [3.8, 4) is 0 Å². The fourth-order valence-electron chi connectivity index (χ4n) is 1.87. The molecule has 0 aliphatic heterocycles. The lowest BCUT2D eigenvalue weighted by molar-refractivity contribution is 0.149. The Balaban J connectivity index is 1.99. The number of hydrogen-bond donors (Lipinski definition) is 2. The normalized spacial score (nSPS) is 10.5. The van der Waals surface area contributed by atoms with Crippen LogP contribution in [0.2, 0.25) is 0 Å². The molecule has 4 nitrogen and oxygen atoms in total. The predicted octanol–water partition coefficient (Wildman–Crippen LogP) is 2.82. The molecule has 0 fully saturated rings. The molecule has 100 valence electrons. The van der Waals surface area contributed by atoms with Gasteiger partial charge in [0.1, 0.15) is 0 Å². The van der Waals surface area contributed by atoms with E-state index in [0.717, 1.165) is 29.6 Å². The summed E-state index contributed by atoms with van der Waals surface area (Å²) < 4.78 is 5.46. The van der Waals surface area contributed by atoms with E-state index in [4.69, 9.17) is 10.5 Å². The molecule has 0 unspecified atom stereocenters. The SMILES string of the molecule is C=CCCOCCNc1c(N)cnc2ccccc12. The van der Waals surface area contributed by atoms with Crippen LogP contribution in [0.3, 0.4) is 0 Å². The number of nitrogens with one attached hydrogen (secondary N) is 1. The van der Waals surface area contributed by atoms with Gasteiger partial charge in [0.2, 0.25) is 0 Å². The van der Waals surface area contributed by atoms with Gasteiger partial charge in [-0.2, -0.15) is 0 Å². The average molecular weight is 257 g/mol. The van der Waals surface area contributed by atoms with E-state index in [-0.39, 0.29) is 0 Å². The van der Waals surface area contributed by atoms with Crippen molar-refractivity contribution >= 4 is 22.3 Å². The molecular weight excluding hydrogens is 238 g/mol. The van der Waals surface area contributed by atoms with Crippen LogP contribution in [0.1, 0.15) is 6.42 Å². The number of anilines is 2. The minimum absolute atomic E-state index is 0.643. The molecule has 0 radical (unpaired) electrons. The van der Waals surface area contributed by atoms with Crippen LogP contribution in [-0.2, 0) is 4.74 Å². The summed E-state index contributed by atoms with van der Waals surface area (Å²) in [6, 6.07) is 7.93. The monoisotopic (exact) mass is 257 g/mol. The van der Waals surface area contributed by atoms with Crippen molar-refractivity contribution in [3.63, 3.8) is 0 Å². The molecule has 1 heterocycles. The summed E-state index contributed by atoms with van der Waals surface area (Å²) in [6.07, 6.45) is 4.41. The topological polar surface area (TPSA) is 60.2 Å². The van der Waals surface area contributed by atoms with Crippen molar-refractivity contribution in [2.45, 2.75) is 6.42 Å². The fourth-order valence-corrected chi connectivity index (χ4v) is 1.87. The largest absolute Gasteiger partial charge is 0.396 e. The number of benzene rings is 1. The molecule has 1 aromatic carbocycles. The molecule has 0 aliphatic carbocycles. The van der Waals surface area contributed by atoms with Crippen LogP contribution >= 0.6 is 0 Å². The Morgan fingerprint density at radius 2 is 2.16 bits per heavy atom. The number of nitrogens with zero attached hydrogens (tertiary/aromatic N) is 1. The summed E-state index contributed by atoms with van der Waals surface area (Å²) in [7, 11) is 0. The first kappa shape index (κ1) is 13.4. The Morgan fingerprint density at radius 3 is 3.00 bits per heavy atom. The highest BCUT2D eigenvalue weighted by Gasteiger charge is 2.05. The van der Waals surface area contributed by atoms with E-state index >= 15 is 0 Å². The molecule has 0 amide bonds. The number of ether oxygens (including phenoxy) is 1. The summed E-state index contributed by atoms with van der Waals surface area (Å²) in [5, 5.41) is 4.35. The van der Waals surface area contributed by atoms with E-state index in [1.54, 1.807) is 6.20 Å². The molecule has 19 heavy (non-hydrogen) atoms. The lowest BCUT2D eigenvalue weighted by Gasteiger charge is -2.12. The lowest BCUT2D eigenvalue weighted by Crippen LogP contribution is -2.11. The van der Waals surface area contributed by atoms with Crippen LogP contribution < -0.4 is 11.1 Å². The first-order chi connectivity index (χ1) is 9.33. The van der Waals surface area contributed by atoms with Crippen molar-refractivity contribution in [3.05, 3.63) is 43.1 Å². The zero-order valence-electron chi connectivity index (χ0n) is 10.9. The van der Waals surface area contributed by atoms with Crippen molar-refractivity contribution in [1.82, 2.24) is 4.98 Å². The molecule has 4 heteroatoms. The lowest BCUT2D eigenvalue weighted by atomic mass is 10.1. The Labute approximate surface area is 113 Å². The zero-order valence-corrected chi connectivity index (χ0v) is 10.9. The first-order valence-electron chi connectivity index (χ1n) is 6.38. The number of fused-ring (bicyclic) bond motifs is 1. The highest BCUT2D eigenvalue weighted by atomic mass is 16.5. The van der Waals surface area contributed by atoms with Gasteiger partial charge in [-0.1, -0.05) is 24.3 Å². The third kappa shape index (κ3) is 3.45. The van der Waals surface area contributed by atoms with Gasteiger partial charge in [-0.25, -0.2) is 0 Å². The van der Waals surface area contributed by atoms with Crippen molar-refractivity contribution in [1.29, 1.82) is 0 Å². The molecule has 1 aromatic heterocycles. The maximum atomic E-state index is 5.97. The van der Waals surface area contributed by atoms with Gasteiger partial charge in [0.05, 0.1) is 36.3 Å². The maximum absolute atomic E-state index is 5.97. The molecule has 0 aliphatic rings. The summed E-state index contributed by atoms with van der Waals surface area (Å²) in [6.45, 7) is 5.72. The van der Waals surface area contributed by atoms with Crippen molar-refractivity contribution in [2.75, 3.05) is 30.8 Å². The molecule has 0 saturated heterocycles. The number of nitrogens with two attached hydrogens (primary N) is 1. The second-order valence-corrected chi connectivity index (χ2v) is 4.22. The van der Waals surface area contributed by atoms with E-state index in [1.807, 2.05) is 30.3 Å². The molecule has 0 saturated carbocycles. The Bertz CT molecular complexity index is 554. The standard InChI is InChI=1S/C15H19N3O/c1-2-3-9-19-10-8-17-15-12-6-4-5-7-14(12)18-11-13(15)16/h2,4-7,11H,1,3,8-10,16H2,(H,17,18). The zero-order chi connectivity index (χ0) is 13.5. The summed E-state index contributed by atoms with van der Waals surface area (Å²) >= 11 is 0. The number of nitrogen functional groups attached to an aromatic ring is 1. The van der Waals surface area contributed by atoms with E-state index in [9.17, 15) is 0 Å². The highest BCUT2D eigenvalue weighted by molar-refractivity contribution is 5.96. The molecule has 0 bridgehead atoms. The van der Waals surface area contributed by atoms with E-state index in [1.165, 1.54) is 0 Å². The second kappa shape index (κ2) is 6.75. The van der Waals surface area contributed by atoms with Crippen molar-refractivity contribution in [2.24, 2.45) is 0 Å². The average Bonchev–Trinajstić information content (AvgIpc) is 2.44. The van der Waals surface area contributed by atoms with Gasteiger partial charge in [0, 0.05) is 11.9 Å². The highest BCUT2D eigenvalue weighted by Crippen LogP contribution is 2.27. The molecule has 2 rings (SSSR count). The number of rotatable bonds is 7. The third-order valence-electron chi connectivity index (χ3n) is 2.82. The number of hydrogen-bond acceptors (Lipinski definition) is 4. The maximum Gasteiger partial charge on any atom is 0.0743 e. The minimum Gasteiger partial charge on any atom is -0.396 e. The van der Waals surface area contributed by atoms with E-state index in [0.29, 0.717) is 18.9 Å². The molecule has 0 atom stereocenters. The van der Waals surface area contributed by atoms with Gasteiger partial charge in [-0.3, -0.25) is 4.98 Å². The van der Waals surface area contributed by atoms with Gasteiger partial charge < -0.3 is 15.8 Å². The van der Waals surface area contributed by atoms with Crippen LogP contribution in [0.4, 0.5) is 11.4 Å². The van der Waals surface area contributed by atoms with Crippen LogP contribution in [-0.4, -0.2) is 24.7 Å². The van der Waals surface area contributed by atoms with Gasteiger partial charge in [0.25, 0.3) is 0 Å². The molecular formula is C15H19N3O. The van der Waals surface area contributed by atoms with Gasteiger partial charge in [-0.05, 0) is 12.5 Å². The fraction of sp³-hybridized carbons (Fsp3) is 0.267. The smallest absolute Gasteiger partial charge is 0.0743 e. The van der Waals surface area contributed by atoms with Gasteiger partial charge in [0.15, 0.2) is 0 Å².